The highest BCUT2D eigenvalue weighted by molar-refractivity contribution is 7.13. The van der Waals surface area contributed by atoms with Crippen molar-refractivity contribution in [3.63, 3.8) is 0 Å². The van der Waals surface area contributed by atoms with Gasteiger partial charge in [-0.25, -0.2) is 4.79 Å². The minimum absolute atomic E-state index is 0.106. The molecule has 0 saturated heterocycles. The maximum absolute atomic E-state index is 12.9. The fourth-order valence-corrected chi connectivity index (χ4v) is 3.69. The number of benzene rings is 2. The Morgan fingerprint density at radius 2 is 2.00 bits per heavy atom. The first-order chi connectivity index (χ1) is 11.2. The second-order valence-corrected chi connectivity index (χ2v) is 5.92. The lowest BCUT2D eigenvalue weighted by Gasteiger charge is -2.18. The van der Waals surface area contributed by atoms with Crippen molar-refractivity contribution < 1.29 is 14.3 Å². The van der Waals surface area contributed by atoms with Crippen LogP contribution in [0.3, 0.4) is 0 Å². The molecule has 0 unspecified atom stereocenters. The van der Waals surface area contributed by atoms with E-state index in [9.17, 15) is 9.59 Å². The van der Waals surface area contributed by atoms with Crippen LogP contribution in [0.1, 0.15) is 22.8 Å². The number of nitrogens with zero attached hydrogens (tertiary/aromatic N) is 1. The van der Waals surface area contributed by atoms with E-state index in [1.54, 1.807) is 25.1 Å². The summed E-state index contributed by atoms with van der Waals surface area (Å²) in [4.78, 5) is 24.7. The summed E-state index contributed by atoms with van der Waals surface area (Å²) in [7, 11) is 0. The molecule has 0 aliphatic heterocycles. The average molecular weight is 324 g/mol. The first kappa shape index (κ1) is 13.9. The first-order valence-electron chi connectivity index (χ1n) is 7.21. The Bertz CT molecular complexity index is 962. The van der Waals surface area contributed by atoms with E-state index in [1.165, 1.54) is 11.5 Å². The zero-order valence-electron chi connectivity index (χ0n) is 12.3. The number of nitrogens with one attached hydrogen (secondary N) is 1. The molecule has 23 heavy (non-hydrogen) atoms. The van der Waals surface area contributed by atoms with Crippen LogP contribution in [0.5, 0.6) is 0 Å². The van der Waals surface area contributed by atoms with E-state index in [2.05, 4.69) is 9.69 Å². The molecule has 1 heterocycles. The molecule has 0 spiro atoms. The van der Waals surface area contributed by atoms with Gasteiger partial charge in [-0.3, -0.25) is 10.1 Å². The monoisotopic (exact) mass is 324 g/mol. The van der Waals surface area contributed by atoms with Gasteiger partial charge >= 0.3 is 6.09 Å². The Hall–Kier alpha value is -2.73. The third kappa shape index (κ3) is 2.03. The van der Waals surface area contributed by atoms with Crippen LogP contribution >= 0.6 is 11.5 Å². The van der Waals surface area contributed by atoms with Crippen molar-refractivity contribution in [3.05, 3.63) is 47.5 Å². The number of rotatable bonds is 2. The standard InChI is InChI=1S/C17H12N2O3S/c1-2-22-17(21)18-11-7-3-5-9-13(11)16(20)10-6-4-8-12-14(10)15(9)19-23-12/h3-8H,2H2,1H3,(H,18,21). The van der Waals surface area contributed by atoms with E-state index in [0.717, 1.165) is 21.3 Å². The van der Waals surface area contributed by atoms with Crippen LogP contribution in [-0.4, -0.2) is 22.9 Å². The number of anilines is 1. The maximum atomic E-state index is 12.9. The Balaban J connectivity index is 1.93. The lowest BCUT2D eigenvalue weighted by molar-refractivity contribution is 0.104. The number of carbonyl (C=O) groups is 2. The Morgan fingerprint density at radius 1 is 1.22 bits per heavy atom. The summed E-state index contributed by atoms with van der Waals surface area (Å²) in [6.07, 6.45) is -0.573. The molecule has 114 valence electrons. The van der Waals surface area contributed by atoms with Gasteiger partial charge in [-0.15, -0.1) is 0 Å². The smallest absolute Gasteiger partial charge is 0.411 e. The van der Waals surface area contributed by atoms with Gasteiger partial charge in [0.1, 0.15) is 0 Å². The SMILES string of the molecule is CCOC(=O)Nc1cccc2c1C(=O)c1cccc3snc-2c13. The summed E-state index contributed by atoms with van der Waals surface area (Å²) in [6, 6.07) is 11.0. The maximum Gasteiger partial charge on any atom is 0.411 e. The number of ketones is 1. The summed E-state index contributed by atoms with van der Waals surface area (Å²) in [6.45, 7) is 2.00. The Kier molecular flexibility index (Phi) is 3.12. The topological polar surface area (TPSA) is 68.3 Å². The highest BCUT2D eigenvalue weighted by Gasteiger charge is 2.30. The zero-order chi connectivity index (χ0) is 16.0. The Labute approximate surface area is 136 Å². The van der Waals surface area contributed by atoms with Gasteiger partial charge in [0.25, 0.3) is 0 Å². The fourth-order valence-electron chi connectivity index (χ4n) is 2.88. The second kappa shape index (κ2) is 5.17. The number of aromatic nitrogens is 1. The molecule has 2 aromatic carbocycles. The van der Waals surface area contributed by atoms with Gasteiger partial charge in [0.2, 0.25) is 0 Å². The van der Waals surface area contributed by atoms with Gasteiger partial charge in [0.15, 0.2) is 5.78 Å². The van der Waals surface area contributed by atoms with Crippen molar-refractivity contribution in [1.82, 2.24) is 4.37 Å². The Morgan fingerprint density at radius 3 is 2.83 bits per heavy atom. The largest absolute Gasteiger partial charge is 0.450 e. The quantitative estimate of drug-likeness (QED) is 0.603. The molecule has 1 amide bonds. The molecule has 0 saturated carbocycles. The van der Waals surface area contributed by atoms with E-state index >= 15 is 0 Å². The first-order valence-corrected chi connectivity index (χ1v) is 7.98. The summed E-state index contributed by atoms with van der Waals surface area (Å²) < 4.78 is 10.4. The number of ether oxygens (including phenoxy) is 1. The minimum atomic E-state index is -0.573. The molecular weight excluding hydrogens is 312 g/mol. The molecule has 1 N–H and O–H groups in total. The van der Waals surface area contributed by atoms with Crippen molar-refractivity contribution in [3.8, 4) is 11.3 Å². The zero-order valence-corrected chi connectivity index (χ0v) is 13.1. The normalized spacial score (nSPS) is 12.1. The van der Waals surface area contributed by atoms with Gasteiger partial charge in [-0.2, -0.15) is 4.37 Å². The van der Waals surface area contributed by atoms with E-state index in [4.69, 9.17) is 4.74 Å². The molecule has 0 bridgehead atoms. The number of fused-ring (bicyclic) bond motifs is 2. The molecule has 0 atom stereocenters. The van der Waals surface area contributed by atoms with Gasteiger partial charge in [-0.05, 0) is 30.6 Å². The highest BCUT2D eigenvalue weighted by atomic mass is 32.1. The molecule has 1 aliphatic rings. The van der Waals surface area contributed by atoms with Crippen LogP contribution < -0.4 is 5.32 Å². The predicted octanol–water partition coefficient (Wildman–Crippen LogP) is 4.08. The molecule has 1 aromatic heterocycles. The lowest BCUT2D eigenvalue weighted by Crippen LogP contribution is -2.18. The van der Waals surface area contributed by atoms with E-state index in [1.807, 2.05) is 18.2 Å². The third-order valence-corrected chi connectivity index (χ3v) is 4.61. The average Bonchev–Trinajstić information content (AvgIpc) is 2.98. The molecule has 3 aromatic rings. The minimum Gasteiger partial charge on any atom is -0.450 e. The molecule has 1 aliphatic carbocycles. The summed E-state index contributed by atoms with van der Waals surface area (Å²) >= 11 is 1.37. The molecule has 4 rings (SSSR count). The van der Waals surface area contributed by atoms with Crippen molar-refractivity contribution in [2.24, 2.45) is 0 Å². The van der Waals surface area contributed by atoms with Gasteiger partial charge < -0.3 is 4.74 Å². The number of hydrogen-bond donors (Lipinski definition) is 1. The van der Waals surface area contributed by atoms with Crippen molar-refractivity contribution >= 4 is 39.2 Å². The van der Waals surface area contributed by atoms with Crippen LogP contribution in [0.2, 0.25) is 0 Å². The van der Waals surface area contributed by atoms with Crippen LogP contribution in [0.25, 0.3) is 21.3 Å². The van der Waals surface area contributed by atoms with E-state index in [0.29, 0.717) is 16.8 Å². The van der Waals surface area contributed by atoms with Crippen molar-refractivity contribution in [2.45, 2.75) is 6.92 Å². The summed E-state index contributed by atoms with van der Waals surface area (Å²) in [5.74, 6) is -0.106. The molecule has 6 heteroatoms. The molecule has 5 nitrogen and oxygen atoms in total. The number of carbonyl (C=O) groups excluding carboxylic acids is 2. The van der Waals surface area contributed by atoms with E-state index < -0.39 is 6.09 Å². The van der Waals surface area contributed by atoms with E-state index in [-0.39, 0.29) is 12.4 Å². The third-order valence-electron chi connectivity index (χ3n) is 3.80. The molecule has 0 radical (unpaired) electrons. The highest BCUT2D eigenvalue weighted by Crippen LogP contribution is 2.42. The van der Waals surface area contributed by atoms with Gasteiger partial charge in [-0.1, -0.05) is 24.3 Å². The fraction of sp³-hybridized carbons (Fsp3) is 0.118. The summed E-state index contributed by atoms with van der Waals surface area (Å²) in [5.41, 5.74) is 3.07. The molecular formula is C17H12N2O3S. The lowest BCUT2D eigenvalue weighted by atomic mass is 9.86. The van der Waals surface area contributed by atoms with Crippen molar-refractivity contribution in [1.29, 1.82) is 0 Å². The van der Waals surface area contributed by atoms with Crippen LogP contribution in [0.15, 0.2) is 36.4 Å². The van der Waals surface area contributed by atoms with Gasteiger partial charge in [0.05, 0.1) is 28.3 Å². The predicted molar refractivity (Wildman–Crippen MR) is 89.1 cm³/mol. The van der Waals surface area contributed by atoms with Crippen LogP contribution in [-0.2, 0) is 4.74 Å². The van der Waals surface area contributed by atoms with Crippen LogP contribution in [0, 0.1) is 0 Å². The number of hydrogen-bond acceptors (Lipinski definition) is 5. The van der Waals surface area contributed by atoms with Gasteiger partial charge in [0, 0.05) is 16.5 Å². The molecule has 0 fully saturated rings. The number of amides is 1. The van der Waals surface area contributed by atoms with Crippen LogP contribution in [0.4, 0.5) is 10.5 Å². The summed E-state index contributed by atoms with van der Waals surface area (Å²) in [5, 5.41) is 3.54. The second-order valence-electron chi connectivity index (χ2n) is 5.11. The van der Waals surface area contributed by atoms with Crippen molar-refractivity contribution in [2.75, 3.05) is 11.9 Å².